The Hall–Kier alpha value is -0.960. The monoisotopic (exact) mass is 306 g/mol. The van der Waals surface area contributed by atoms with Crippen LogP contribution in [0.4, 0.5) is 0 Å². The summed E-state index contributed by atoms with van der Waals surface area (Å²) in [6, 6.07) is 6.32. The number of benzene rings is 1. The molecule has 2 rings (SSSR count). The normalized spacial score (nSPS) is 18.0. The van der Waals surface area contributed by atoms with E-state index in [2.05, 4.69) is 32.9 Å². The maximum Gasteiger partial charge on any atom is 0.310 e. The third-order valence-electron chi connectivity index (χ3n) is 4.51. The number of thioether (sulfide) groups is 1. The molecule has 0 radical (unpaired) electrons. The van der Waals surface area contributed by atoms with Gasteiger partial charge in [-0.25, -0.2) is 0 Å². The Bertz CT molecular complexity index is 508. The van der Waals surface area contributed by atoms with E-state index >= 15 is 0 Å². The van der Waals surface area contributed by atoms with Crippen molar-refractivity contribution in [3.63, 3.8) is 0 Å². The van der Waals surface area contributed by atoms with E-state index in [9.17, 15) is 9.90 Å². The number of unbranched alkanes of at least 4 members (excludes halogenated alkanes) is 2. The van der Waals surface area contributed by atoms with Crippen molar-refractivity contribution in [3.8, 4) is 0 Å². The topological polar surface area (TPSA) is 37.3 Å². The van der Waals surface area contributed by atoms with Crippen molar-refractivity contribution in [1.82, 2.24) is 0 Å². The zero-order valence-corrected chi connectivity index (χ0v) is 14.1. The van der Waals surface area contributed by atoms with E-state index in [1.165, 1.54) is 10.5 Å². The standard InChI is InChI=1S/C18H26O2S/c1-4-5-6-7-14(17(19)20)13-8-9-16-15(12-13)18(2,3)10-11-21-16/h8-9,12,14H,4-7,10-11H2,1-3H3,(H,19,20). The fourth-order valence-corrected chi connectivity index (χ4v) is 4.49. The first-order valence-electron chi connectivity index (χ1n) is 7.95. The van der Waals surface area contributed by atoms with E-state index in [-0.39, 0.29) is 11.3 Å². The third-order valence-corrected chi connectivity index (χ3v) is 5.59. The van der Waals surface area contributed by atoms with Crippen molar-refractivity contribution < 1.29 is 9.90 Å². The number of carbonyl (C=O) groups is 1. The van der Waals surface area contributed by atoms with Crippen LogP contribution in [0.25, 0.3) is 0 Å². The van der Waals surface area contributed by atoms with Crippen molar-refractivity contribution in [3.05, 3.63) is 29.3 Å². The summed E-state index contributed by atoms with van der Waals surface area (Å²) >= 11 is 1.89. The number of hydrogen-bond donors (Lipinski definition) is 1. The molecule has 1 aliphatic rings. The highest BCUT2D eigenvalue weighted by atomic mass is 32.2. The lowest BCUT2D eigenvalue weighted by Crippen LogP contribution is -2.23. The summed E-state index contributed by atoms with van der Waals surface area (Å²) in [5.74, 6) is 0.106. The molecule has 1 N–H and O–H groups in total. The van der Waals surface area contributed by atoms with Gasteiger partial charge in [0.2, 0.25) is 0 Å². The summed E-state index contributed by atoms with van der Waals surface area (Å²) in [6.45, 7) is 6.68. The maximum absolute atomic E-state index is 11.6. The molecule has 21 heavy (non-hydrogen) atoms. The number of rotatable bonds is 6. The van der Waals surface area contributed by atoms with Crippen molar-refractivity contribution in [2.24, 2.45) is 0 Å². The average Bonchev–Trinajstić information content (AvgIpc) is 2.43. The van der Waals surface area contributed by atoms with E-state index < -0.39 is 5.97 Å². The molecule has 0 aliphatic carbocycles. The zero-order chi connectivity index (χ0) is 15.5. The predicted molar refractivity (Wildman–Crippen MR) is 89.3 cm³/mol. The zero-order valence-electron chi connectivity index (χ0n) is 13.3. The lowest BCUT2D eigenvalue weighted by atomic mass is 9.79. The number of carboxylic acid groups (broad SMARTS) is 1. The fraction of sp³-hybridized carbons (Fsp3) is 0.611. The number of fused-ring (bicyclic) bond motifs is 1. The molecular formula is C18H26O2S. The molecule has 0 spiro atoms. The van der Waals surface area contributed by atoms with Gasteiger partial charge in [-0.15, -0.1) is 11.8 Å². The summed E-state index contributed by atoms with van der Waals surface area (Å²) in [5, 5.41) is 9.55. The summed E-state index contributed by atoms with van der Waals surface area (Å²) in [6.07, 6.45) is 5.12. The Kier molecular flexibility index (Phi) is 5.37. The Labute approximate surface area is 132 Å². The second kappa shape index (κ2) is 6.87. The van der Waals surface area contributed by atoms with Crippen LogP contribution in [0.5, 0.6) is 0 Å². The molecule has 116 valence electrons. The minimum Gasteiger partial charge on any atom is -0.481 e. The number of aliphatic carboxylic acids is 1. The summed E-state index contributed by atoms with van der Waals surface area (Å²) in [4.78, 5) is 12.9. The van der Waals surface area contributed by atoms with Crippen LogP contribution in [-0.4, -0.2) is 16.8 Å². The van der Waals surface area contributed by atoms with Crippen LogP contribution in [-0.2, 0) is 10.2 Å². The van der Waals surface area contributed by atoms with Gasteiger partial charge in [-0.1, -0.05) is 52.2 Å². The van der Waals surface area contributed by atoms with Gasteiger partial charge in [-0.3, -0.25) is 4.79 Å². The highest BCUT2D eigenvalue weighted by Crippen LogP contribution is 2.42. The molecule has 3 heteroatoms. The molecule has 1 aliphatic heterocycles. The van der Waals surface area contributed by atoms with Gasteiger partial charge in [0.25, 0.3) is 0 Å². The van der Waals surface area contributed by atoms with E-state index in [1.54, 1.807) is 0 Å². The van der Waals surface area contributed by atoms with Crippen molar-refractivity contribution >= 4 is 17.7 Å². The van der Waals surface area contributed by atoms with Crippen LogP contribution >= 0.6 is 11.8 Å². The summed E-state index contributed by atoms with van der Waals surface area (Å²) in [7, 11) is 0. The van der Waals surface area contributed by atoms with Crippen LogP contribution in [0.3, 0.4) is 0 Å². The average molecular weight is 306 g/mol. The summed E-state index contributed by atoms with van der Waals surface area (Å²) < 4.78 is 0. The molecule has 2 nitrogen and oxygen atoms in total. The van der Waals surface area contributed by atoms with E-state index in [0.717, 1.165) is 43.4 Å². The molecule has 0 aromatic heterocycles. The highest BCUT2D eigenvalue weighted by molar-refractivity contribution is 7.99. The van der Waals surface area contributed by atoms with Crippen LogP contribution in [0.2, 0.25) is 0 Å². The third kappa shape index (κ3) is 3.82. The number of hydrogen-bond acceptors (Lipinski definition) is 2. The van der Waals surface area contributed by atoms with Gasteiger partial charge in [-0.2, -0.15) is 0 Å². The molecular weight excluding hydrogens is 280 g/mol. The lowest BCUT2D eigenvalue weighted by Gasteiger charge is -2.33. The van der Waals surface area contributed by atoms with Crippen molar-refractivity contribution in [2.45, 2.75) is 69.1 Å². The second-order valence-corrected chi connectivity index (χ2v) is 7.76. The Morgan fingerprint density at radius 3 is 2.81 bits per heavy atom. The Balaban J connectivity index is 2.28. The Morgan fingerprint density at radius 2 is 2.14 bits per heavy atom. The molecule has 0 saturated heterocycles. The smallest absolute Gasteiger partial charge is 0.310 e. The predicted octanol–water partition coefficient (Wildman–Crippen LogP) is 5.21. The fourth-order valence-electron chi connectivity index (χ4n) is 3.00. The van der Waals surface area contributed by atoms with Crippen LogP contribution in [0.1, 0.15) is 69.9 Å². The first kappa shape index (κ1) is 16.4. The van der Waals surface area contributed by atoms with Crippen LogP contribution in [0.15, 0.2) is 23.1 Å². The maximum atomic E-state index is 11.6. The van der Waals surface area contributed by atoms with Crippen molar-refractivity contribution in [1.29, 1.82) is 0 Å². The van der Waals surface area contributed by atoms with E-state index in [4.69, 9.17) is 0 Å². The van der Waals surface area contributed by atoms with Gasteiger partial charge in [0.1, 0.15) is 0 Å². The first-order chi connectivity index (χ1) is 9.95. The molecule has 0 amide bonds. The largest absolute Gasteiger partial charge is 0.481 e. The molecule has 1 aromatic rings. The van der Waals surface area contributed by atoms with Crippen molar-refractivity contribution in [2.75, 3.05) is 5.75 Å². The highest BCUT2D eigenvalue weighted by Gasteiger charge is 2.29. The molecule has 1 atom stereocenters. The minimum atomic E-state index is -0.688. The minimum absolute atomic E-state index is 0.156. The molecule has 1 unspecified atom stereocenters. The molecule has 0 bridgehead atoms. The van der Waals surface area contributed by atoms with E-state index in [1.807, 2.05) is 17.8 Å². The van der Waals surface area contributed by atoms with Gasteiger partial charge in [0.15, 0.2) is 0 Å². The van der Waals surface area contributed by atoms with Gasteiger partial charge in [-0.05, 0) is 41.2 Å². The molecule has 1 aromatic carbocycles. The molecule has 1 heterocycles. The summed E-state index contributed by atoms with van der Waals surface area (Å²) in [5.41, 5.74) is 2.47. The second-order valence-electron chi connectivity index (χ2n) is 6.62. The molecule has 0 saturated carbocycles. The van der Waals surface area contributed by atoms with Gasteiger partial charge in [0.05, 0.1) is 5.92 Å². The quantitative estimate of drug-likeness (QED) is 0.733. The van der Waals surface area contributed by atoms with Gasteiger partial charge >= 0.3 is 5.97 Å². The lowest BCUT2D eigenvalue weighted by molar-refractivity contribution is -0.139. The number of carboxylic acids is 1. The SMILES string of the molecule is CCCCCC(C(=O)O)c1ccc2c(c1)C(C)(C)CCS2. The van der Waals surface area contributed by atoms with E-state index in [0.29, 0.717) is 0 Å². The van der Waals surface area contributed by atoms with Gasteiger partial charge < -0.3 is 5.11 Å². The first-order valence-corrected chi connectivity index (χ1v) is 8.94. The van der Waals surface area contributed by atoms with Crippen LogP contribution in [0, 0.1) is 0 Å². The van der Waals surface area contributed by atoms with Gasteiger partial charge in [0, 0.05) is 4.90 Å². The molecule has 0 fully saturated rings. The Morgan fingerprint density at radius 1 is 1.38 bits per heavy atom. The van der Waals surface area contributed by atoms with Crippen LogP contribution < -0.4 is 0 Å².